The highest BCUT2D eigenvalue weighted by Gasteiger charge is 2.30. The molecule has 268 valence electrons. The number of rotatable bonds is 10. The largest absolute Gasteiger partial charge is 0.497 e. The summed E-state index contributed by atoms with van der Waals surface area (Å²) in [5.41, 5.74) is 2.20. The first kappa shape index (κ1) is 37.7. The van der Waals surface area contributed by atoms with Crippen molar-refractivity contribution in [1.82, 2.24) is 10.2 Å². The van der Waals surface area contributed by atoms with Crippen LogP contribution in [0.1, 0.15) is 59.6 Å². The average Bonchev–Trinajstić information content (AvgIpc) is 3.47. The van der Waals surface area contributed by atoms with Gasteiger partial charge in [-0.05, 0) is 93.8 Å². The summed E-state index contributed by atoms with van der Waals surface area (Å²) in [4.78, 5) is 55.8. The van der Waals surface area contributed by atoms with Crippen LogP contribution in [0.5, 0.6) is 5.75 Å². The number of hydrogen-bond acceptors (Lipinski definition) is 9. The second-order valence-electron chi connectivity index (χ2n) is 12.9. The van der Waals surface area contributed by atoms with Gasteiger partial charge in [0.25, 0.3) is 11.8 Å². The van der Waals surface area contributed by atoms with Crippen LogP contribution < -0.4 is 20.7 Å². The zero-order chi connectivity index (χ0) is 37.4. The number of amides is 4. The van der Waals surface area contributed by atoms with E-state index in [9.17, 15) is 24.4 Å². The molecule has 0 radical (unpaired) electrons. The van der Waals surface area contributed by atoms with Crippen LogP contribution in [-0.2, 0) is 27.3 Å². The summed E-state index contributed by atoms with van der Waals surface area (Å²) in [6.45, 7) is 7.90. The monoisotopic (exact) mass is 737 g/mol. The van der Waals surface area contributed by atoms with Crippen LogP contribution >= 0.6 is 23.1 Å². The minimum absolute atomic E-state index is 0.0333. The van der Waals surface area contributed by atoms with Crippen molar-refractivity contribution in [1.29, 1.82) is 5.26 Å². The van der Waals surface area contributed by atoms with E-state index in [-0.39, 0.29) is 11.6 Å². The second-order valence-corrected chi connectivity index (χ2v) is 15.4. The normalized spacial score (nSPS) is 13.2. The van der Waals surface area contributed by atoms with Gasteiger partial charge < -0.3 is 30.3 Å². The van der Waals surface area contributed by atoms with Gasteiger partial charge >= 0.3 is 6.09 Å². The molecule has 52 heavy (non-hydrogen) atoms. The van der Waals surface area contributed by atoms with E-state index >= 15 is 0 Å². The van der Waals surface area contributed by atoms with Crippen molar-refractivity contribution in [3.8, 4) is 11.8 Å². The Balaban J connectivity index is 1.26. The van der Waals surface area contributed by atoms with Crippen molar-refractivity contribution in [2.75, 3.05) is 24.3 Å². The molecule has 2 heterocycles. The van der Waals surface area contributed by atoms with Crippen molar-refractivity contribution < 1.29 is 28.7 Å². The lowest BCUT2D eigenvalue weighted by Gasteiger charge is -2.29. The van der Waals surface area contributed by atoms with Crippen LogP contribution in [0.4, 0.5) is 15.5 Å². The van der Waals surface area contributed by atoms with Crippen molar-refractivity contribution in [3.05, 3.63) is 112 Å². The molecule has 1 aliphatic heterocycles. The number of carbonyl (C=O) groups is 4. The van der Waals surface area contributed by atoms with E-state index in [1.165, 1.54) is 23.1 Å². The van der Waals surface area contributed by atoms with E-state index in [0.29, 0.717) is 57.5 Å². The summed E-state index contributed by atoms with van der Waals surface area (Å²) in [6.07, 6.45) is 1.65. The zero-order valence-electron chi connectivity index (χ0n) is 29.4. The molecule has 1 unspecified atom stereocenters. The van der Waals surface area contributed by atoms with E-state index in [1.807, 2.05) is 26.8 Å². The number of anilines is 2. The fraction of sp³-hybridized carbons (Fsp3) is 0.256. The summed E-state index contributed by atoms with van der Waals surface area (Å²) in [5, 5.41) is 18.4. The minimum Gasteiger partial charge on any atom is -0.497 e. The molecule has 4 aromatic rings. The van der Waals surface area contributed by atoms with Gasteiger partial charge in [-0.2, -0.15) is 5.26 Å². The molecule has 4 amide bonds. The second kappa shape index (κ2) is 16.6. The molecule has 11 nitrogen and oxygen atoms in total. The first-order chi connectivity index (χ1) is 24.8. The van der Waals surface area contributed by atoms with Gasteiger partial charge in [0.15, 0.2) is 0 Å². The molecule has 1 atom stereocenters. The molecule has 0 aliphatic carbocycles. The molecule has 3 aromatic carbocycles. The number of benzene rings is 3. The summed E-state index contributed by atoms with van der Waals surface area (Å²) in [7, 11) is 1.56. The van der Waals surface area contributed by atoms with Gasteiger partial charge in [-0.1, -0.05) is 36.4 Å². The van der Waals surface area contributed by atoms with Crippen molar-refractivity contribution in [3.63, 3.8) is 0 Å². The quantitative estimate of drug-likeness (QED) is 0.112. The molecular formula is C39H39N5O6S2. The summed E-state index contributed by atoms with van der Waals surface area (Å²) in [5.74, 6) is -0.623. The lowest BCUT2D eigenvalue weighted by molar-refractivity contribution is -0.115. The third-order valence-electron chi connectivity index (χ3n) is 7.79. The number of nitrogens with one attached hydrogen (secondary N) is 3. The SMILES string of the molecule is COc1ccc(/C=C(/NC(=O)c2ccccc2)C(=O)Nc2cccc(SC(C)C(=O)Nc3sc4c(c3C#N)CCN(C(=O)OC(C)(C)C)C4)c2)cc1. The topological polar surface area (TPSA) is 150 Å². The van der Waals surface area contributed by atoms with Gasteiger partial charge in [-0.15, -0.1) is 23.1 Å². The molecule has 0 saturated carbocycles. The molecule has 1 aromatic heterocycles. The first-order valence-electron chi connectivity index (χ1n) is 16.5. The summed E-state index contributed by atoms with van der Waals surface area (Å²) in [6, 6.07) is 24.9. The number of ether oxygens (including phenoxy) is 2. The zero-order valence-corrected chi connectivity index (χ0v) is 31.1. The summed E-state index contributed by atoms with van der Waals surface area (Å²) >= 11 is 2.58. The van der Waals surface area contributed by atoms with Gasteiger partial charge in [0.2, 0.25) is 5.91 Å². The number of nitrogens with zero attached hydrogens (tertiary/aromatic N) is 2. The van der Waals surface area contributed by atoms with Crippen molar-refractivity contribution in [2.45, 2.75) is 56.4 Å². The van der Waals surface area contributed by atoms with Gasteiger partial charge in [-0.25, -0.2) is 4.79 Å². The smallest absolute Gasteiger partial charge is 0.410 e. The van der Waals surface area contributed by atoms with E-state index in [1.54, 1.807) is 97.8 Å². The Morgan fingerprint density at radius 2 is 1.73 bits per heavy atom. The highest BCUT2D eigenvalue weighted by Crippen LogP contribution is 2.38. The van der Waals surface area contributed by atoms with Gasteiger partial charge in [0, 0.05) is 27.6 Å². The highest BCUT2D eigenvalue weighted by atomic mass is 32.2. The number of thioether (sulfide) groups is 1. The van der Waals surface area contributed by atoms with E-state index in [2.05, 4.69) is 22.0 Å². The maximum Gasteiger partial charge on any atom is 0.410 e. The fourth-order valence-electron chi connectivity index (χ4n) is 5.22. The maximum atomic E-state index is 13.6. The number of fused-ring (bicyclic) bond motifs is 1. The Hall–Kier alpha value is -5.58. The van der Waals surface area contributed by atoms with Crippen LogP contribution in [-0.4, -0.2) is 53.2 Å². The van der Waals surface area contributed by atoms with Gasteiger partial charge in [-0.3, -0.25) is 14.4 Å². The number of methoxy groups -OCH3 is 1. The van der Waals surface area contributed by atoms with Crippen LogP contribution in [0.3, 0.4) is 0 Å². The predicted octanol–water partition coefficient (Wildman–Crippen LogP) is 7.45. The van der Waals surface area contributed by atoms with Gasteiger partial charge in [0.05, 0.1) is 24.5 Å². The lowest BCUT2D eigenvalue weighted by atomic mass is 10.0. The molecule has 3 N–H and O–H groups in total. The van der Waals surface area contributed by atoms with Crippen molar-refractivity contribution in [2.24, 2.45) is 0 Å². The minimum atomic E-state index is -0.624. The van der Waals surface area contributed by atoms with Gasteiger partial charge in [0.1, 0.15) is 28.1 Å². The number of thiophene rings is 1. The van der Waals surface area contributed by atoms with Crippen LogP contribution in [0, 0.1) is 11.3 Å². The Kier molecular flexibility index (Phi) is 12.0. The Bertz CT molecular complexity index is 2030. The number of hydrogen-bond donors (Lipinski definition) is 3. The molecule has 13 heteroatoms. The molecule has 0 saturated heterocycles. The first-order valence-corrected chi connectivity index (χ1v) is 18.2. The fourth-order valence-corrected chi connectivity index (χ4v) is 7.36. The molecule has 0 spiro atoms. The third kappa shape index (κ3) is 9.80. The maximum absolute atomic E-state index is 13.6. The Labute approximate surface area is 311 Å². The highest BCUT2D eigenvalue weighted by molar-refractivity contribution is 8.00. The van der Waals surface area contributed by atoms with Crippen LogP contribution in [0.2, 0.25) is 0 Å². The number of nitriles is 1. The summed E-state index contributed by atoms with van der Waals surface area (Å²) < 4.78 is 10.8. The molecular weight excluding hydrogens is 699 g/mol. The molecule has 0 bridgehead atoms. The molecule has 1 aliphatic rings. The predicted molar refractivity (Wildman–Crippen MR) is 203 cm³/mol. The molecule has 0 fully saturated rings. The standard InChI is InChI=1S/C39H39N5O6S2/c1-24(34(45)43-37-31(22-40)30-18-19-44(23-33(30)52-37)38(48)50-39(2,3)4)51-29-13-9-12-27(21-29)41-36(47)32(20-25-14-16-28(49-5)17-15-25)42-35(46)26-10-7-6-8-11-26/h6-17,20-21,24H,18-19,23H2,1-5H3,(H,41,47)(H,42,46)(H,43,45)/b32-20+. The third-order valence-corrected chi connectivity index (χ3v) is 10.0. The number of carbonyl (C=O) groups excluding carboxylic acids is 4. The Morgan fingerprint density at radius 3 is 2.40 bits per heavy atom. The van der Waals surface area contributed by atoms with Crippen LogP contribution in [0.25, 0.3) is 6.08 Å². The van der Waals surface area contributed by atoms with E-state index in [4.69, 9.17) is 9.47 Å². The van der Waals surface area contributed by atoms with Crippen LogP contribution in [0.15, 0.2) is 89.5 Å². The molecule has 5 rings (SSSR count). The Morgan fingerprint density at radius 1 is 1.00 bits per heavy atom. The average molecular weight is 738 g/mol. The van der Waals surface area contributed by atoms with E-state index < -0.39 is 28.8 Å². The lowest BCUT2D eigenvalue weighted by Crippen LogP contribution is -2.39. The van der Waals surface area contributed by atoms with E-state index in [0.717, 1.165) is 10.4 Å². The van der Waals surface area contributed by atoms with Crippen molar-refractivity contribution >= 4 is 63.7 Å².